The number of carbonyl (C=O) groups is 1. The zero-order valence-electron chi connectivity index (χ0n) is 16.3. The first-order valence-corrected chi connectivity index (χ1v) is 10.9. The van der Waals surface area contributed by atoms with Gasteiger partial charge in [-0.3, -0.25) is 9.69 Å². The Morgan fingerprint density at radius 2 is 2.29 bits per heavy atom. The van der Waals surface area contributed by atoms with Crippen LogP contribution in [-0.2, 0) is 24.2 Å². The molecule has 1 heterocycles. The van der Waals surface area contributed by atoms with Gasteiger partial charge in [-0.05, 0) is 56.0 Å². The number of ether oxygens (including phenoxy) is 1. The molecule has 0 spiro atoms. The van der Waals surface area contributed by atoms with E-state index in [2.05, 4.69) is 34.2 Å². The average molecular weight is 462 g/mol. The molecule has 1 atom stereocenters. The minimum Gasteiger partial charge on any atom is -0.496 e. The highest BCUT2D eigenvalue weighted by Gasteiger charge is 2.24. The Labute approximate surface area is 178 Å². The smallest absolute Gasteiger partial charge is 0.239 e. The van der Waals surface area contributed by atoms with Crippen LogP contribution in [0, 0.1) is 17.2 Å². The number of amides is 1. The standard InChI is InChI=1S/C21H24BrN3O2S/c1-13-4-6-16-17(10-23)21(28-19(16)8-13)24-20(26)12-25(2)11-14-9-15(22)5-7-18(14)27-3/h5,7,9,13H,4,6,8,11-12H2,1-3H3,(H,24,26)/t13-/m1/s1. The van der Waals surface area contributed by atoms with Crippen molar-refractivity contribution < 1.29 is 9.53 Å². The molecule has 0 fully saturated rings. The van der Waals surface area contributed by atoms with Crippen LogP contribution >= 0.6 is 27.3 Å². The molecule has 0 bridgehead atoms. The molecule has 1 N–H and O–H groups in total. The number of rotatable bonds is 6. The molecule has 0 saturated heterocycles. The lowest BCUT2D eigenvalue weighted by atomic mass is 9.89. The maximum atomic E-state index is 12.6. The van der Waals surface area contributed by atoms with Gasteiger partial charge in [0.1, 0.15) is 16.8 Å². The second-order valence-electron chi connectivity index (χ2n) is 7.34. The highest BCUT2D eigenvalue weighted by Crippen LogP contribution is 2.39. The van der Waals surface area contributed by atoms with Crippen molar-refractivity contribution in [2.24, 2.45) is 5.92 Å². The van der Waals surface area contributed by atoms with E-state index in [0.717, 1.165) is 40.6 Å². The van der Waals surface area contributed by atoms with Gasteiger partial charge in [0.2, 0.25) is 5.91 Å². The summed E-state index contributed by atoms with van der Waals surface area (Å²) in [7, 11) is 3.54. The third-order valence-electron chi connectivity index (χ3n) is 4.97. The second-order valence-corrected chi connectivity index (χ2v) is 9.37. The first-order chi connectivity index (χ1) is 13.4. The van der Waals surface area contributed by atoms with Crippen LogP contribution < -0.4 is 10.1 Å². The second kappa shape index (κ2) is 9.08. The van der Waals surface area contributed by atoms with Gasteiger partial charge in [-0.15, -0.1) is 11.3 Å². The molecule has 28 heavy (non-hydrogen) atoms. The summed E-state index contributed by atoms with van der Waals surface area (Å²) in [4.78, 5) is 15.8. The number of benzene rings is 1. The lowest BCUT2D eigenvalue weighted by Gasteiger charge is -2.18. The summed E-state index contributed by atoms with van der Waals surface area (Å²) in [5, 5.41) is 13.2. The summed E-state index contributed by atoms with van der Waals surface area (Å²) in [6.45, 7) is 3.05. The molecule has 0 unspecified atom stereocenters. The summed E-state index contributed by atoms with van der Waals surface area (Å²) in [5.41, 5.74) is 2.79. The number of methoxy groups -OCH3 is 1. The molecule has 0 saturated carbocycles. The summed E-state index contributed by atoms with van der Waals surface area (Å²) in [5.74, 6) is 1.31. The number of nitrogens with one attached hydrogen (secondary N) is 1. The molecule has 1 aliphatic carbocycles. The number of anilines is 1. The van der Waals surface area contributed by atoms with Crippen molar-refractivity contribution in [2.45, 2.75) is 32.7 Å². The number of hydrogen-bond acceptors (Lipinski definition) is 5. The molecule has 148 valence electrons. The number of thiophene rings is 1. The average Bonchev–Trinajstić information content (AvgIpc) is 2.97. The van der Waals surface area contributed by atoms with Gasteiger partial charge in [0.15, 0.2) is 0 Å². The highest BCUT2D eigenvalue weighted by atomic mass is 79.9. The van der Waals surface area contributed by atoms with Crippen molar-refractivity contribution in [3.8, 4) is 11.8 Å². The van der Waals surface area contributed by atoms with Crippen LogP contribution in [0.4, 0.5) is 5.00 Å². The topological polar surface area (TPSA) is 65.4 Å². The van der Waals surface area contributed by atoms with E-state index in [4.69, 9.17) is 4.74 Å². The number of hydrogen-bond donors (Lipinski definition) is 1. The quantitative estimate of drug-likeness (QED) is 0.682. The van der Waals surface area contributed by atoms with E-state index in [0.29, 0.717) is 23.0 Å². The molecule has 7 heteroatoms. The van der Waals surface area contributed by atoms with Crippen LogP contribution in [0.3, 0.4) is 0 Å². The highest BCUT2D eigenvalue weighted by molar-refractivity contribution is 9.10. The van der Waals surface area contributed by atoms with Crippen LogP contribution in [0.25, 0.3) is 0 Å². The van der Waals surface area contributed by atoms with Gasteiger partial charge in [0, 0.05) is 21.5 Å². The molecule has 1 aromatic carbocycles. The lowest BCUT2D eigenvalue weighted by molar-refractivity contribution is -0.117. The zero-order valence-corrected chi connectivity index (χ0v) is 18.7. The third-order valence-corrected chi connectivity index (χ3v) is 6.64. The molecule has 5 nitrogen and oxygen atoms in total. The molecule has 3 rings (SSSR count). The molecular formula is C21H24BrN3O2S. The fourth-order valence-corrected chi connectivity index (χ4v) is 5.37. The Morgan fingerprint density at radius 1 is 1.50 bits per heavy atom. The van der Waals surface area contributed by atoms with Gasteiger partial charge in [0.05, 0.1) is 19.2 Å². The van der Waals surface area contributed by atoms with Crippen molar-refractivity contribution in [2.75, 3.05) is 26.0 Å². The lowest BCUT2D eigenvalue weighted by Crippen LogP contribution is -2.30. The first kappa shape index (κ1) is 20.8. The predicted octanol–water partition coefficient (Wildman–Crippen LogP) is 4.59. The van der Waals surface area contributed by atoms with Gasteiger partial charge in [-0.2, -0.15) is 5.26 Å². The van der Waals surface area contributed by atoms with E-state index < -0.39 is 0 Å². The molecule has 0 aliphatic heterocycles. The Hall–Kier alpha value is -1.88. The normalized spacial score (nSPS) is 15.8. The summed E-state index contributed by atoms with van der Waals surface area (Å²) in [6, 6.07) is 8.13. The van der Waals surface area contributed by atoms with Gasteiger partial charge >= 0.3 is 0 Å². The monoisotopic (exact) mass is 461 g/mol. The molecule has 2 aromatic rings. The Morgan fingerprint density at radius 3 is 3.00 bits per heavy atom. The van der Waals surface area contributed by atoms with Crippen LogP contribution in [0.5, 0.6) is 5.75 Å². The van der Waals surface area contributed by atoms with Gasteiger partial charge in [-0.1, -0.05) is 22.9 Å². The first-order valence-electron chi connectivity index (χ1n) is 9.26. The largest absolute Gasteiger partial charge is 0.496 e. The van der Waals surface area contributed by atoms with E-state index in [9.17, 15) is 10.1 Å². The fraction of sp³-hybridized carbons (Fsp3) is 0.429. The molecule has 1 aliphatic rings. The third kappa shape index (κ3) is 4.75. The molecular weight excluding hydrogens is 438 g/mol. The van der Waals surface area contributed by atoms with E-state index in [-0.39, 0.29) is 12.5 Å². The van der Waals surface area contributed by atoms with Crippen LogP contribution in [0.15, 0.2) is 22.7 Å². The summed E-state index contributed by atoms with van der Waals surface area (Å²) in [6.07, 6.45) is 3.02. The van der Waals surface area contributed by atoms with E-state index in [1.807, 2.05) is 30.1 Å². The van der Waals surface area contributed by atoms with Crippen molar-refractivity contribution >= 4 is 38.2 Å². The predicted molar refractivity (Wildman–Crippen MR) is 116 cm³/mol. The van der Waals surface area contributed by atoms with E-state index >= 15 is 0 Å². The zero-order chi connectivity index (χ0) is 20.3. The summed E-state index contributed by atoms with van der Waals surface area (Å²) >= 11 is 5.03. The molecule has 1 aromatic heterocycles. The number of nitrogens with zero attached hydrogens (tertiary/aromatic N) is 2. The minimum absolute atomic E-state index is 0.111. The number of halogens is 1. The Balaban J connectivity index is 1.66. The molecule has 1 amide bonds. The van der Waals surface area contributed by atoms with E-state index in [1.54, 1.807) is 18.4 Å². The van der Waals surface area contributed by atoms with Crippen LogP contribution in [0.2, 0.25) is 0 Å². The van der Waals surface area contributed by atoms with Crippen LogP contribution in [-0.4, -0.2) is 31.5 Å². The fourth-order valence-electron chi connectivity index (χ4n) is 3.59. The number of carbonyl (C=O) groups excluding carboxylic acids is 1. The maximum absolute atomic E-state index is 12.6. The van der Waals surface area contributed by atoms with Gasteiger partial charge < -0.3 is 10.1 Å². The van der Waals surface area contributed by atoms with Crippen molar-refractivity contribution in [1.29, 1.82) is 5.26 Å². The van der Waals surface area contributed by atoms with Crippen molar-refractivity contribution in [1.82, 2.24) is 4.90 Å². The number of likely N-dealkylation sites (N-methyl/N-ethyl adjacent to an activating group) is 1. The minimum atomic E-state index is -0.111. The van der Waals surface area contributed by atoms with Crippen LogP contribution in [0.1, 0.15) is 34.9 Å². The SMILES string of the molecule is COc1ccc(Br)cc1CN(C)CC(=O)Nc1sc2c(c1C#N)CC[C@@H](C)C2. The Kier molecular flexibility index (Phi) is 6.76. The van der Waals surface area contributed by atoms with Gasteiger partial charge in [0.25, 0.3) is 0 Å². The van der Waals surface area contributed by atoms with Crippen molar-refractivity contribution in [3.63, 3.8) is 0 Å². The number of nitriles is 1. The van der Waals surface area contributed by atoms with Gasteiger partial charge in [-0.25, -0.2) is 0 Å². The maximum Gasteiger partial charge on any atom is 0.239 e. The number of fused-ring (bicyclic) bond motifs is 1. The Bertz CT molecular complexity index is 919. The molecule has 0 radical (unpaired) electrons. The summed E-state index contributed by atoms with van der Waals surface area (Å²) < 4.78 is 6.38. The van der Waals surface area contributed by atoms with E-state index in [1.165, 1.54) is 4.88 Å². The van der Waals surface area contributed by atoms with Crippen molar-refractivity contribution in [3.05, 3.63) is 44.2 Å².